The van der Waals surface area contributed by atoms with Gasteiger partial charge in [0.05, 0.1) is 6.61 Å². The van der Waals surface area contributed by atoms with Gasteiger partial charge in [0.2, 0.25) is 0 Å². The van der Waals surface area contributed by atoms with Crippen LogP contribution in [0.1, 0.15) is 11.1 Å². The third-order valence-electron chi connectivity index (χ3n) is 3.31. The van der Waals surface area contributed by atoms with E-state index in [9.17, 15) is 4.39 Å². The van der Waals surface area contributed by atoms with Crippen molar-refractivity contribution >= 4 is 0 Å². The fourth-order valence-electron chi connectivity index (χ4n) is 2.11. The van der Waals surface area contributed by atoms with Gasteiger partial charge in [-0.05, 0) is 35.4 Å². The highest BCUT2D eigenvalue weighted by Gasteiger charge is 1.99. The summed E-state index contributed by atoms with van der Waals surface area (Å²) < 4.78 is 18.6. The van der Waals surface area contributed by atoms with Crippen LogP contribution in [0, 0.1) is 5.82 Å². The molecule has 0 aliphatic rings. The molecule has 23 heavy (non-hydrogen) atoms. The minimum Gasteiger partial charge on any atom is -0.489 e. The van der Waals surface area contributed by atoms with Crippen LogP contribution < -0.4 is 15.4 Å². The van der Waals surface area contributed by atoms with E-state index < -0.39 is 0 Å². The molecule has 5 heteroatoms. The van der Waals surface area contributed by atoms with Crippen molar-refractivity contribution < 1.29 is 14.2 Å². The van der Waals surface area contributed by atoms with E-state index in [1.807, 2.05) is 24.3 Å². The van der Waals surface area contributed by atoms with Crippen molar-refractivity contribution in [3.05, 3.63) is 65.5 Å². The second-order valence-corrected chi connectivity index (χ2v) is 5.21. The average molecular weight is 318 g/mol. The monoisotopic (exact) mass is 318 g/mol. The third kappa shape index (κ3) is 6.78. The Morgan fingerprint density at radius 2 is 1.70 bits per heavy atom. The van der Waals surface area contributed by atoms with Gasteiger partial charge >= 0.3 is 0 Å². The van der Waals surface area contributed by atoms with Crippen molar-refractivity contribution in [2.75, 3.05) is 26.2 Å². The van der Waals surface area contributed by atoms with Gasteiger partial charge in [0.15, 0.2) is 0 Å². The van der Waals surface area contributed by atoms with E-state index in [0.29, 0.717) is 13.2 Å². The Morgan fingerprint density at radius 3 is 2.48 bits per heavy atom. The third-order valence-corrected chi connectivity index (χ3v) is 3.31. The van der Waals surface area contributed by atoms with E-state index in [2.05, 4.69) is 10.6 Å². The molecule has 0 saturated heterocycles. The highest BCUT2D eigenvalue weighted by atomic mass is 19.1. The standard InChI is InChI=1S/C18H23FN2O2/c19-17-6-4-15(5-7-17)14-23-18-3-1-2-16(12-18)13-21-9-8-20-10-11-22/h1-7,12,20-22H,8-11,13-14H2. The smallest absolute Gasteiger partial charge is 0.123 e. The molecular formula is C18H23FN2O2. The first kappa shape index (κ1) is 17.4. The highest BCUT2D eigenvalue weighted by Crippen LogP contribution is 2.15. The quantitative estimate of drug-likeness (QED) is 0.587. The number of benzene rings is 2. The summed E-state index contributed by atoms with van der Waals surface area (Å²) in [6.07, 6.45) is 0. The van der Waals surface area contributed by atoms with Gasteiger partial charge < -0.3 is 20.5 Å². The van der Waals surface area contributed by atoms with Crippen molar-refractivity contribution in [2.24, 2.45) is 0 Å². The molecule has 0 fully saturated rings. The maximum absolute atomic E-state index is 12.9. The minimum atomic E-state index is -0.240. The first-order valence-corrected chi connectivity index (χ1v) is 7.76. The Balaban J connectivity index is 1.74. The number of aliphatic hydroxyl groups is 1. The number of rotatable bonds is 10. The van der Waals surface area contributed by atoms with E-state index in [-0.39, 0.29) is 12.4 Å². The lowest BCUT2D eigenvalue weighted by Gasteiger charge is -2.09. The highest BCUT2D eigenvalue weighted by molar-refractivity contribution is 5.29. The molecule has 4 nitrogen and oxygen atoms in total. The SMILES string of the molecule is OCCNCCNCc1cccc(OCc2ccc(F)cc2)c1. The lowest BCUT2D eigenvalue weighted by atomic mass is 10.2. The number of ether oxygens (including phenoxy) is 1. The predicted molar refractivity (Wildman–Crippen MR) is 88.8 cm³/mol. The zero-order valence-electron chi connectivity index (χ0n) is 13.1. The van der Waals surface area contributed by atoms with Gasteiger partial charge in [0, 0.05) is 26.2 Å². The summed E-state index contributed by atoms with van der Waals surface area (Å²) in [5, 5.41) is 15.1. The van der Waals surface area contributed by atoms with E-state index >= 15 is 0 Å². The number of hydrogen-bond acceptors (Lipinski definition) is 4. The lowest BCUT2D eigenvalue weighted by molar-refractivity contribution is 0.292. The summed E-state index contributed by atoms with van der Waals surface area (Å²) >= 11 is 0. The van der Waals surface area contributed by atoms with Crippen LogP contribution in [0.2, 0.25) is 0 Å². The summed E-state index contributed by atoms with van der Waals surface area (Å²) in [6.45, 7) is 3.61. The van der Waals surface area contributed by atoms with Gasteiger partial charge in [0.25, 0.3) is 0 Å². The Morgan fingerprint density at radius 1 is 0.913 bits per heavy atom. The van der Waals surface area contributed by atoms with Gasteiger partial charge in [0.1, 0.15) is 18.2 Å². The van der Waals surface area contributed by atoms with E-state index in [1.165, 1.54) is 12.1 Å². The first-order valence-electron chi connectivity index (χ1n) is 7.76. The van der Waals surface area contributed by atoms with E-state index in [4.69, 9.17) is 9.84 Å². The lowest BCUT2D eigenvalue weighted by Crippen LogP contribution is -2.28. The molecule has 2 aromatic rings. The van der Waals surface area contributed by atoms with Crippen LogP contribution in [0.4, 0.5) is 4.39 Å². The topological polar surface area (TPSA) is 53.5 Å². The van der Waals surface area contributed by atoms with Crippen molar-refractivity contribution in [3.63, 3.8) is 0 Å². The molecule has 0 aliphatic heterocycles. The number of halogens is 1. The number of aliphatic hydroxyl groups excluding tert-OH is 1. The van der Waals surface area contributed by atoms with Gasteiger partial charge in [-0.25, -0.2) is 4.39 Å². The van der Waals surface area contributed by atoms with Gasteiger partial charge in [-0.1, -0.05) is 24.3 Å². The van der Waals surface area contributed by atoms with Gasteiger partial charge in [-0.2, -0.15) is 0 Å². The summed E-state index contributed by atoms with van der Waals surface area (Å²) in [5.74, 6) is 0.558. The second kappa shape index (κ2) is 9.94. The van der Waals surface area contributed by atoms with Crippen LogP contribution in [0.25, 0.3) is 0 Å². The maximum atomic E-state index is 12.9. The van der Waals surface area contributed by atoms with Gasteiger partial charge in [-0.15, -0.1) is 0 Å². The summed E-state index contributed by atoms with van der Waals surface area (Å²) in [6, 6.07) is 14.2. The largest absolute Gasteiger partial charge is 0.489 e. The second-order valence-electron chi connectivity index (χ2n) is 5.21. The van der Waals surface area contributed by atoms with E-state index in [0.717, 1.165) is 36.5 Å². The minimum absolute atomic E-state index is 0.160. The van der Waals surface area contributed by atoms with Crippen LogP contribution >= 0.6 is 0 Å². The Hall–Kier alpha value is -1.95. The fourth-order valence-corrected chi connectivity index (χ4v) is 2.11. The summed E-state index contributed by atoms with van der Waals surface area (Å²) in [4.78, 5) is 0. The van der Waals surface area contributed by atoms with Crippen LogP contribution in [0.15, 0.2) is 48.5 Å². The molecule has 0 spiro atoms. The molecule has 0 heterocycles. The van der Waals surface area contributed by atoms with Crippen LogP contribution in [-0.4, -0.2) is 31.3 Å². The molecular weight excluding hydrogens is 295 g/mol. The molecule has 0 bridgehead atoms. The Labute approximate surface area is 136 Å². The Bertz CT molecular complexity index is 575. The van der Waals surface area contributed by atoms with Crippen molar-refractivity contribution in [1.29, 1.82) is 0 Å². The van der Waals surface area contributed by atoms with Crippen LogP contribution in [0.3, 0.4) is 0 Å². The molecule has 2 rings (SSSR count). The average Bonchev–Trinajstić information content (AvgIpc) is 2.58. The molecule has 0 saturated carbocycles. The number of hydrogen-bond donors (Lipinski definition) is 3. The van der Waals surface area contributed by atoms with Crippen LogP contribution in [-0.2, 0) is 13.2 Å². The first-order chi connectivity index (χ1) is 11.3. The van der Waals surface area contributed by atoms with Crippen molar-refractivity contribution in [2.45, 2.75) is 13.2 Å². The van der Waals surface area contributed by atoms with Crippen molar-refractivity contribution in [1.82, 2.24) is 10.6 Å². The normalized spacial score (nSPS) is 10.7. The molecule has 0 aromatic heterocycles. The van der Waals surface area contributed by atoms with Gasteiger partial charge in [-0.3, -0.25) is 0 Å². The molecule has 0 radical (unpaired) electrons. The summed E-state index contributed by atoms with van der Waals surface area (Å²) in [7, 11) is 0. The maximum Gasteiger partial charge on any atom is 0.123 e. The zero-order valence-corrected chi connectivity index (χ0v) is 13.1. The molecule has 2 aromatic carbocycles. The molecule has 3 N–H and O–H groups in total. The predicted octanol–water partition coefficient (Wildman–Crippen LogP) is 2.08. The van der Waals surface area contributed by atoms with E-state index in [1.54, 1.807) is 12.1 Å². The van der Waals surface area contributed by atoms with Crippen LogP contribution in [0.5, 0.6) is 5.75 Å². The fraction of sp³-hybridized carbons (Fsp3) is 0.333. The Kier molecular flexibility index (Phi) is 7.52. The molecule has 124 valence electrons. The molecule has 0 aliphatic carbocycles. The number of nitrogens with one attached hydrogen (secondary N) is 2. The molecule has 0 atom stereocenters. The zero-order chi connectivity index (χ0) is 16.3. The summed E-state index contributed by atoms with van der Waals surface area (Å²) in [5.41, 5.74) is 2.08. The van der Waals surface area contributed by atoms with Crippen molar-refractivity contribution in [3.8, 4) is 5.75 Å². The molecule has 0 unspecified atom stereocenters. The molecule has 0 amide bonds.